The number of amidine groups is 1. The molecule has 1 aromatic rings. The lowest BCUT2D eigenvalue weighted by molar-refractivity contribution is -0.384. The van der Waals surface area contributed by atoms with Gasteiger partial charge in [0.2, 0.25) is 5.91 Å². The van der Waals surface area contributed by atoms with Crippen molar-refractivity contribution in [1.82, 2.24) is 4.90 Å². The number of nitrogens with zero attached hydrogens (tertiary/aromatic N) is 3. The van der Waals surface area contributed by atoms with Crippen molar-refractivity contribution in [3.8, 4) is 0 Å². The summed E-state index contributed by atoms with van der Waals surface area (Å²) in [5.74, 6) is 1.01. The number of nitro groups is 1. The number of carbonyl (C=O) groups is 1. The van der Waals surface area contributed by atoms with Crippen LogP contribution in [0.25, 0.3) is 0 Å². The van der Waals surface area contributed by atoms with Crippen molar-refractivity contribution in [1.29, 1.82) is 0 Å². The van der Waals surface area contributed by atoms with Gasteiger partial charge in [0.25, 0.3) is 5.69 Å². The van der Waals surface area contributed by atoms with Crippen molar-refractivity contribution in [3.63, 3.8) is 0 Å². The first kappa shape index (κ1) is 21.4. The molecule has 148 valence electrons. The van der Waals surface area contributed by atoms with Gasteiger partial charge in [-0.1, -0.05) is 52.3 Å². The monoisotopic (exact) mass is 391 g/mol. The van der Waals surface area contributed by atoms with Gasteiger partial charge in [0.1, 0.15) is 0 Å². The minimum absolute atomic E-state index is 0.0530. The topological polar surface area (TPSA) is 75.8 Å². The van der Waals surface area contributed by atoms with Crippen LogP contribution < -0.4 is 0 Å². The molecule has 0 bridgehead atoms. The Labute approximate surface area is 165 Å². The van der Waals surface area contributed by atoms with Gasteiger partial charge in [-0.3, -0.25) is 19.8 Å². The Morgan fingerprint density at radius 2 is 1.96 bits per heavy atom. The summed E-state index contributed by atoms with van der Waals surface area (Å²) in [6, 6.07) is 4.64. The van der Waals surface area contributed by atoms with Crippen LogP contribution in [0, 0.1) is 28.9 Å². The molecule has 1 aromatic carbocycles. The van der Waals surface area contributed by atoms with Crippen LogP contribution in [0.15, 0.2) is 23.2 Å². The summed E-state index contributed by atoms with van der Waals surface area (Å²) in [4.78, 5) is 30.0. The van der Waals surface area contributed by atoms with Crippen LogP contribution >= 0.6 is 11.8 Å². The van der Waals surface area contributed by atoms with Crippen molar-refractivity contribution >= 4 is 34.2 Å². The van der Waals surface area contributed by atoms with Crippen LogP contribution in [0.2, 0.25) is 0 Å². The van der Waals surface area contributed by atoms with Crippen molar-refractivity contribution < 1.29 is 9.72 Å². The first-order valence-electron chi connectivity index (χ1n) is 9.58. The Balaban J connectivity index is 2.32. The van der Waals surface area contributed by atoms with E-state index < -0.39 is 4.92 Å². The molecule has 27 heavy (non-hydrogen) atoms. The van der Waals surface area contributed by atoms with Crippen LogP contribution in [0.5, 0.6) is 0 Å². The van der Waals surface area contributed by atoms with Gasteiger partial charge >= 0.3 is 0 Å². The van der Waals surface area contributed by atoms with E-state index in [0.717, 1.165) is 24.8 Å². The first-order valence-corrected chi connectivity index (χ1v) is 10.5. The standard InChI is InChI=1S/C20H29N3O3S/c1-6-15(7-2)11-18-19(24)22(12-13(3)4)20(27-18)21-17-9-8-16(23(25)26)10-14(17)5/h8-10,13,15,18H,6-7,11-12H2,1-5H3. The van der Waals surface area contributed by atoms with E-state index in [4.69, 9.17) is 4.99 Å². The molecular weight excluding hydrogens is 362 g/mol. The number of rotatable bonds is 8. The van der Waals surface area contributed by atoms with E-state index in [9.17, 15) is 14.9 Å². The third-order valence-corrected chi connectivity index (χ3v) is 6.08. The zero-order valence-corrected chi connectivity index (χ0v) is 17.6. The van der Waals surface area contributed by atoms with Gasteiger partial charge < -0.3 is 0 Å². The van der Waals surface area contributed by atoms with E-state index in [1.807, 2.05) is 6.92 Å². The Morgan fingerprint density at radius 1 is 1.30 bits per heavy atom. The van der Waals surface area contributed by atoms with E-state index in [2.05, 4.69) is 27.7 Å². The molecule has 2 rings (SSSR count). The van der Waals surface area contributed by atoms with Crippen LogP contribution in [0.3, 0.4) is 0 Å². The zero-order valence-electron chi connectivity index (χ0n) is 16.8. The largest absolute Gasteiger partial charge is 0.290 e. The second-order valence-corrected chi connectivity index (χ2v) is 8.66. The van der Waals surface area contributed by atoms with E-state index in [1.165, 1.54) is 23.9 Å². The van der Waals surface area contributed by atoms with Gasteiger partial charge in [0.05, 0.1) is 15.9 Å². The lowest BCUT2D eigenvalue weighted by atomic mass is 9.97. The average Bonchev–Trinajstić information content (AvgIpc) is 2.89. The predicted octanol–water partition coefficient (Wildman–Crippen LogP) is 5.32. The number of carbonyl (C=O) groups excluding carboxylic acids is 1. The van der Waals surface area contributed by atoms with E-state index >= 15 is 0 Å². The number of thioether (sulfide) groups is 1. The van der Waals surface area contributed by atoms with Crippen molar-refractivity contribution in [2.24, 2.45) is 16.8 Å². The number of hydrogen-bond acceptors (Lipinski definition) is 5. The fraction of sp³-hybridized carbons (Fsp3) is 0.600. The van der Waals surface area contributed by atoms with Crippen molar-refractivity contribution in [2.75, 3.05) is 6.54 Å². The molecule has 0 aromatic heterocycles. The number of nitro benzene ring substituents is 1. The molecule has 1 saturated heterocycles. The molecule has 0 aliphatic carbocycles. The normalized spacial score (nSPS) is 18.9. The molecule has 1 fully saturated rings. The number of amides is 1. The van der Waals surface area contributed by atoms with Crippen LogP contribution in [0.1, 0.15) is 52.5 Å². The highest BCUT2D eigenvalue weighted by Crippen LogP contribution is 2.36. The molecule has 7 heteroatoms. The Morgan fingerprint density at radius 3 is 2.48 bits per heavy atom. The third kappa shape index (κ3) is 5.31. The number of aryl methyl sites for hydroxylation is 1. The van der Waals surface area contributed by atoms with Crippen molar-refractivity contribution in [3.05, 3.63) is 33.9 Å². The summed E-state index contributed by atoms with van der Waals surface area (Å²) in [5.41, 5.74) is 1.46. The molecule has 1 unspecified atom stereocenters. The second kappa shape index (κ2) is 9.35. The molecule has 1 amide bonds. The summed E-state index contributed by atoms with van der Waals surface area (Å²) in [7, 11) is 0. The van der Waals surface area contributed by atoms with Gasteiger partial charge in [-0.05, 0) is 36.8 Å². The zero-order chi connectivity index (χ0) is 20.1. The maximum Gasteiger partial charge on any atom is 0.269 e. The van der Waals surface area contributed by atoms with Gasteiger partial charge in [-0.2, -0.15) is 0 Å². The molecular formula is C20H29N3O3S. The minimum Gasteiger partial charge on any atom is -0.290 e. The molecule has 6 nitrogen and oxygen atoms in total. The number of hydrogen-bond donors (Lipinski definition) is 0. The number of benzene rings is 1. The summed E-state index contributed by atoms with van der Waals surface area (Å²) < 4.78 is 0. The van der Waals surface area contributed by atoms with E-state index in [0.29, 0.717) is 29.2 Å². The Kier molecular flexibility index (Phi) is 7.41. The number of aliphatic imine (C=N–C) groups is 1. The summed E-state index contributed by atoms with van der Waals surface area (Å²) in [5, 5.41) is 11.6. The molecule has 0 radical (unpaired) electrons. The molecule has 0 spiro atoms. The quantitative estimate of drug-likeness (QED) is 0.444. The fourth-order valence-electron chi connectivity index (χ4n) is 3.18. The summed E-state index contributed by atoms with van der Waals surface area (Å²) in [6.07, 6.45) is 3.00. The highest BCUT2D eigenvalue weighted by atomic mass is 32.2. The van der Waals surface area contributed by atoms with Gasteiger partial charge in [-0.25, -0.2) is 4.99 Å². The molecule has 1 atom stereocenters. The Hall–Kier alpha value is -1.89. The van der Waals surface area contributed by atoms with Crippen LogP contribution in [0.4, 0.5) is 11.4 Å². The van der Waals surface area contributed by atoms with Gasteiger partial charge in [-0.15, -0.1) is 0 Å². The van der Waals surface area contributed by atoms with Crippen LogP contribution in [-0.4, -0.2) is 32.7 Å². The minimum atomic E-state index is -0.408. The highest BCUT2D eigenvalue weighted by Gasteiger charge is 2.38. The van der Waals surface area contributed by atoms with Crippen molar-refractivity contribution in [2.45, 2.75) is 59.1 Å². The van der Waals surface area contributed by atoms with E-state index in [-0.39, 0.29) is 16.8 Å². The SMILES string of the molecule is CCC(CC)CC1SC(=Nc2ccc([N+](=O)[O-])cc2C)N(CC(C)C)C1=O. The highest BCUT2D eigenvalue weighted by molar-refractivity contribution is 8.15. The summed E-state index contributed by atoms with van der Waals surface area (Å²) in [6.45, 7) is 10.9. The lowest BCUT2D eigenvalue weighted by Crippen LogP contribution is -2.35. The maximum atomic E-state index is 13.0. The predicted molar refractivity (Wildman–Crippen MR) is 112 cm³/mol. The third-order valence-electron chi connectivity index (χ3n) is 4.88. The smallest absolute Gasteiger partial charge is 0.269 e. The Bertz CT molecular complexity index is 729. The van der Waals surface area contributed by atoms with E-state index in [1.54, 1.807) is 11.0 Å². The lowest BCUT2D eigenvalue weighted by Gasteiger charge is -2.19. The van der Waals surface area contributed by atoms with Gasteiger partial charge in [0, 0.05) is 18.7 Å². The molecule has 0 saturated carbocycles. The first-order chi connectivity index (χ1) is 12.8. The molecule has 1 heterocycles. The number of non-ortho nitro benzene ring substituents is 1. The molecule has 0 N–H and O–H groups in total. The summed E-state index contributed by atoms with van der Waals surface area (Å²) >= 11 is 1.53. The second-order valence-electron chi connectivity index (χ2n) is 7.49. The fourth-order valence-corrected chi connectivity index (χ4v) is 4.48. The molecule has 1 aliphatic heterocycles. The average molecular weight is 392 g/mol. The van der Waals surface area contributed by atoms with Crippen LogP contribution in [-0.2, 0) is 4.79 Å². The maximum absolute atomic E-state index is 13.0. The molecule has 1 aliphatic rings. The van der Waals surface area contributed by atoms with Gasteiger partial charge in [0.15, 0.2) is 5.17 Å².